The van der Waals surface area contributed by atoms with Crippen molar-refractivity contribution in [3.05, 3.63) is 29.8 Å². The molecular formula is C13H18ClNO. The van der Waals surface area contributed by atoms with E-state index in [1.165, 1.54) is 24.8 Å². The molecule has 1 aromatic rings. The Morgan fingerprint density at radius 3 is 2.69 bits per heavy atom. The molecule has 88 valence electrons. The standard InChI is InChI=1S/C13H18ClNO/c1-16-13-7-5-11(6-8-13)12-4-2-3-9-15(14)10-12/h5-8,12H,2-4,9-10H2,1H3. The fourth-order valence-electron chi connectivity index (χ4n) is 2.24. The van der Waals surface area contributed by atoms with Gasteiger partial charge in [0.2, 0.25) is 0 Å². The number of nitrogens with zero attached hydrogens (tertiary/aromatic N) is 1. The van der Waals surface area contributed by atoms with Gasteiger partial charge in [-0.15, -0.1) is 0 Å². The van der Waals surface area contributed by atoms with E-state index in [0.29, 0.717) is 5.92 Å². The second-order valence-electron chi connectivity index (χ2n) is 4.33. The molecule has 0 amide bonds. The zero-order chi connectivity index (χ0) is 11.4. The fourth-order valence-corrected chi connectivity index (χ4v) is 2.53. The summed E-state index contributed by atoms with van der Waals surface area (Å²) in [6, 6.07) is 8.36. The highest BCUT2D eigenvalue weighted by Crippen LogP contribution is 2.28. The molecule has 0 aliphatic carbocycles. The van der Waals surface area contributed by atoms with Crippen LogP contribution in [-0.4, -0.2) is 24.6 Å². The highest BCUT2D eigenvalue weighted by Gasteiger charge is 2.18. The van der Waals surface area contributed by atoms with Gasteiger partial charge in [-0.05, 0) is 48.2 Å². The van der Waals surface area contributed by atoms with Crippen LogP contribution in [0.1, 0.15) is 30.7 Å². The number of ether oxygens (including phenoxy) is 1. The lowest BCUT2D eigenvalue weighted by molar-refractivity contribution is 0.413. The Morgan fingerprint density at radius 2 is 2.00 bits per heavy atom. The van der Waals surface area contributed by atoms with Crippen molar-refractivity contribution in [2.24, 2.45) is 0 Å². The summed E-state index contributed by atoms with van der Waals surface area (Å²) in [6.07, 6.45) is 3.70. The first-order valence-corrected chi connectivity index (χ1v) is 6.18. The number of rotatable bonds is 2. The summed E-state index contributed by atoms with van der Waals surface area (Å²) in [5.74, 6) is 1.48. The Labute approximate surface area is 102 Å². The fraction of sp³-hybridized carbons (Fsp3) is 0.538. The minimum absolute atomic E-state index is 0.561. The van der Waals surface area contributed by atoms with Crippen LogP contribution in [0.2, 0.25) is 0 Å². The third-order valence-corrected chi connectivity index (χ3v) is 3.52. The number of benzene rings is 1. The van der Waals surface area contributed by atoms with E-state index in [1.54, 1.807) is 7.11 Å². The van der Waals surface area contributed by atoms with Gasteiger partial charge >= 0.3 is 0 Å². The molecule has 3 heteroatoms. The summed E-state index contributed by atoms with van der Waals surface area (Å²) in [4.78, 5) is 0. The molecule has 0 bridgehead atoms. The van der Waals surface area contributed by atoms with Gasteiger partial charge in [0.1, 0.15) is 5.75 Å². The molecule has 0 N–H and O–H groups in total. The molecule has 0 radical (unpaired) electrons. The van der Waals surface area contributed by atoms with Crippen molar-refractivity contribution in [2.75, 3.05) is 20.2 Å². The minimum atomic E-state index is 0.561. The van der Waals surface area contributed by atoms with E-state index in [-0.39, 0.29) is 0 Å². The normalized spacial score (nSPS) is 22.8. The maximum absolute atomic E-state index is 6.13. The van der Waals surface area contributed by atoms with Gasteiger partial charge in [0.25, 0.3) is 0 Å². The van der Waals surface area contributed by atoms with Crippen LogP contribution < -0.4 is 4.74 Å². The second kappa shape index (κ2) is 5.55. The van der Waals surface area contributed by atoms with Gasteiger partial charge in [-0.3, -0.25) is 0 Å². The highest BCUT2D eigenvalue weighted by molar-refractivity contribution is 6.13. The Bertz CT molecular complexity index is 325. The average molecular weight is 240 g/mol. The maximum Gasteiger partial charge on any atom is 0.118 e. The van der Waals surface area contributed by atoms with E-state index in [4.69, 9.17) is 16.5 Å². The Kier molecular flexibility index (Phi) is 4.08. The van der Waals surface area contributed by atoms with Gasteiger partial charge in [-0.2, -0.15) is 0 Å². The number of hydrogen-bond acceptors (Lipinski definition) is 2. The number of halogens is 1. The van der Waals surface area contributed by atoms with E-state index in [9.17, 15) is 0 Å². The predicted octanol–water partition coefficient (Wildman–Crippen LogP) is 3.42. The van der Waals surface area contributed by atoms with Crippen molar-refractivity contribution >= 4 is 11.8 Å². The summed E-state index contributed by atoms with van der Waals surface area (Å²) < 4.78 is 7.08. The molecule has 1 unspecified atom stereocenters. The molecule has 1 fully saturated rings. The molecule has 16 heavy (non-hydrogen) atoms. The third-order valence-electron chi connectivity index (χ3n) is 3.21. The summed E-state index contributed by atoms with van der Waals surface area (Å²) >= 11 is 6.13. The lowest BCUT2D eigenvalue weighted by Gasteiger charge is -2.18. The van der Waals surface area contributed by atoms with Crippen molar-refractivity contribution in [3.8, 4) is 5.75 Å². The monoisotopic (exact) mass is 239 g/mol. The van der Waals surface area contributed by atoms with Crippen molar-refractivity contribution in [1.82, 2.24) is 4.42 Å². The Balaban J connectivity index is 2.09. The quantitative estimate of drug-likeness (QED) is 0.734. The molecule has 1 aliphatic heterocycles. The minimum Gasteiger partial charge on any atom is -0.497 e. The number of methoxy groups -OCH3 is 1. The summed E-state index contributed by atoms with van der Waals surface area (Å²) in [5.41, 5.74) is 1.37. The van der Waals surface area contributed by atoms with Crippen molar-refractivity contribution in [3.63, 3.8) is 0 Å². The number of hydrogen-bond donors (Lipinski definition) is 0. The summed E-state index contributed by atoms with van der Waals surface area (Å²) in [7, 11) is 1.70. The first-order chi connectivity index (χ1) is 7.79. The SMILES string of the molecule is COc1ccc(C2CCCCN(Cl)C2)cc1. The van der Waals surface area contributed by atoms with E-state index in [0.717, 1.165) is 18.8 Å². The molecule has 1 aliphatic rings. The molecule has 0 saturated carbocycles. The molecule has 1 saturated heterocycles. The van der Waals surface area contributed by atoms with Crippen LogP contribution in [-0.2, 0) is 0 Å². The maximum atomic E-state index is 6.13. The zero-order valence-electron chi connectivity index (χ0n) is 9.66. The third kappa shape index (κ3) is 2.89. The molecule has 2 nitrogen and oxygen atoms in total. The van der Waals surface area contributed by atoms with Crippen molar-refractivity contribution < 1.29 is 4.74 Å². The molecule has 1 aromatic carbocycles. The zero-order valence-corrected chi connectivity index (χ0v) is 10.4. The first kappa shape index (κ1) is 11.7. The van der Waals surface area contributed by atoms with E-state index >= 15 is 0 Å². The van der Waals surface area contributed by atoms with E-state index < -0.39 is 0 Å². The van der Waals surface area contributed by atoms with Crippen LogP contribution in [0.15, 0.2) is 24.3 Å². The van der Waals surface area contributed by atoms with Gasteiger partial charge < -0.3 is 4.74 Å². The Morgan fingerprint density at radius 1 is 1.25 bits per heavy atom. The average Bonchev–Trinajstić information content (AvgIpc) is 2.54. The van der Waals surface area contributed by atoms with E-state index in [1.807, 2.05) is 16.6 Å². The molecular weight excluding hydrogens is 222 g/mol. The van der Waals surface area contributed by atoms with E-state index in [2.05, 4.69) is 12.1 Å². The van der Waals surface area contributed by atoms with Gasteiger partial charge in [-0.25, -0.2) is 4.42 Å². The van der Waals surface area contributed by atoms with Crippen LogP contribution in [0.25, 0.3) is 0 Å². The smallest absolute Gasteiger partial charge is 0.118 e. The van der Waals surface area contributed by atoms with Crippen LogP contribution >= 0.6 is 11.8 Å². The lowest BCUT2D eigenvalue weighted by Crippen LogP contribution is -2.17. The molecule has 0 spiro atoms. The molecule has 1 heterocycles. The summed E-state index contributed by atoms with van der Waals surface area (Å²) in [5, 5.41) is 0. The van der Waals surface area contributed by atoms with Crippen LogP contribution in [0.3, 0.4) is 0 Å². The molecule has 0 aromatic heterocycles. The van der Waals surface area contributed by atoms with Crippen LogP contribution in [0.4, 0.5) is 0 Å². The van der Waals surface area contributed by atoms with Crippen molar-refractivity contribution in [2.45, 2.75) is 25.2 Å². The Hall–Kier alpha value is -0.730. The lowest BCUT2D eigenvalue weighted by atomic mass is 9.94. The first-order valence-electron chi connectivity index (χ1n) is 5.84. The van der Waals surface area contributed by atoms with Gasteiger partial charge in [0.15, 0.2) is 0 Å². The molecule has 2 rings (SSSR count). The van der Waals surface area contributed by atoms with Gasteiger partial charge in [0.05, 0.1) is 7.11 Å². The largest absolute Gasteiger partial charge is 0.497 e. The van der Waals surface area contributed by atoms with Crippen LogP contribution in [0, 0.1) is 0 Å². The van der Waals surface area contributed by atoms with Gasteiger partial charge in [-0.1, -0.05) is 18.6 Å². The highest BCUT2D eigenvalue weighted by atomic mass is 35.5. The summed E-state index contributed by atoms with van der Waals surface area (Å²) in [6.45, 7) is 1.96. The predicted molar refractivity (Wildman–Crippen MR) is 67.0 cm³/mol. The van der Waals surface area contributed by atoms with Crippen molar-refractivity contribution in [1.29, 1.82) is 0 Å². The van der Waals surface area contributed by atoms with Crippen LogP contribution in [0.5, 0.6) is 5.75 Å². The van der Waals surface area contributed by atoms with Gasteiger partial charge in [0, 0.05) is 13.1 Å². The second-order valence-corrected chi connectivity index (χ2v) is 4.81. The topological polar surface area (TPSA) is 12.5 Å². The molecule has 1 atom stereocenters.